The Balaban J connectivity index is 2.82. The maximum Gasteiger partial charge on any atom is 0.328 e. The number of rotatable bonds is 14. The molecule has 13 nitrogen and oxygen atoms in total. The van der Waals surface area contributed by atoms with E-state index in [1.54, 1.807) is 12.1 Å². The number of phenolic OH excluding ortho intramolecular Hbond substituents is 1. The van der Waals surface area contributed by atoms with Gasteiger partial charge in [0, 0.05) is 12.2 Å². The number of hydrogen-bond acceptors (Lipinski definition) is 9. The van der Waals surface area contributed by atoms with Crippen LogP contribution in [0.15, 0.2) is 24.3 Å². The molecule has 0 spiro atoms. The lowest BCUT2D eigenvalue weighted by Crippen LogP contribution is -2.58. The molecule has 0 bridgehead atoms. The number of phenols is 1. The van der Waals surface area contributed by atoms with E-state index in [0.717, 1.165) is 0 Å². The van der Waals surface area contributed by atoms with Crippen molar-refractivity contribution in [1.29, 1.82) is 0 Å². The zero-order valence-electron chi connectivity index (χ0n) is 18.0. The van der Waals surface area contributed by atoms with Crippen LogP contribution in [0.2, 0.25) is 0 Å². The minimum atomic E-state index is -1.66. The van der Waals surface area contributed by atoms with E-state index in [2.05, 4.69) is 23.3 Å². The van der Waals surface area contributed by atoms with Crippen molar-refractivity contribution in [3.8, 4) is 5.75 Å². The Kier molecular flexibility index (Phi) is 11.8. The minimum Gasteiger partial charge on any atom is -0.508 e. The molecule has 4 unspecified atom stereocenters. The Bertz CT molecular complexity index is 881. The van der Waals surface area contributed by atoms with Crippen LogP contribution in [-0.4, -0.2) is 86.6 Å². The topological polar surface area (TPSA) is 228 Å². The SMILES string of the molecule is NC(Cc1ccc(O)cc1)C(=O)NC(CS)C(=O)NC(CCC(=O)O)C(=O)NC(CO)C(=O)O. The molecule has 1 rings (SSSR count). The standard InChI is InChI=1S/C20H28N4O9S/c21-12(7-10-1-3-11(26)4-2-10)17(29)24-15(9-34)19(31)22-13(5-6-16(27)28)18(30)23-14(8-25)20(32)33/h1-4,12-15,25-26,34H,5-9,21H2,(H,22,31)(H,23,30)(H,24,29)(H,27,28)(H,32,33). The highest BCUT2D eigenvalue weighted by atomic mass is 32.1. The van der Waals surface area contributed by atoms with Crippen LogP contribution in [0.25, 0.3) is 0 Å². The van der Waals surface area contributed by atoms with Gasteiger partial charge in [-0.3, -0.25) is 19.2 Å². The van der Waals surface area contributed by atoms with Gasteiger partial charge in [-0.2, -0.15) is 12.6 Å². The number of aromatic hydroxyl groups is 1. The van der Waals surface area contributed by atoms with Gasteiger partial charge in [0.05, 0.1) is 12.6 Å². The molecule has 14 heteroatoms. The molecule has 0 aliphatic heterocycles. The minimum absolute atomic E-state index is 0.0451. The Morgan fingerprint density at radius 3 is 1.91 bits per heavy atom. The molecule has 0 fully saturated rings. The highest BCUT2D eigenvalue weighted by Crippen LogP contribution is 2.11. The van der Waals surface area contributed by atoms with Crippen LogP contribution in [0.5, 0.6) is 5.75 Å². The largest absolute Gasteiger partial charge is 0.508 e. The molecule has 34 heavy (non-hydrogen) atoms. The Morgan fingerprint density at radius 1 is 0.882 bits per heavy atom. The van der Waals surface area contributed by atoms with E-state index in [0.29, 0.717) is 5.56 Å². The van der Waals surface area contributed by atoms with Gasteiger partial charge in [0.2, 0.25) is 17.7 Å². The number of carbonyl (C=O) groups excluding carboxylic acids is 3. The van der Waals surface area contributed by atoms with Crippen molar-refractivity contribution < 1.29 is 44.4 Å². The second kappa shape index (κ2) is 14.0. The fourth-order valence-corrected chi connectivity index (χ4v) is 2.98. The molecule has 4 atom stereocenters. The van der Waals surface area contributed by atoms with Gasteiger partial charge in [0.25, 0.3) is 0 Å². The predicted octanol–water partition coefficient (Wildman–Crippen LogP) is -2.41. The number of thiol groups is 1. The number of carbonyl (C=O) groups is 5. The third-order valence-corrected chi connectivity index (χ3v) is 4.99. The van der Waals surface area contributed by atoms with Crippen molar-refractivity contribution in [3.05, 3.63) is 29.8 Å². The van der Waals surface area contributed by atoms with Gasteiger partial charge in [-0.25, -0.2) is 4.79 Å². The molecule has 0 aliphatic carbocycles. The molecule has 188 valence electrons. The molecule has 1 aromatic rings. The number of amides is 3. The molecule has 9 N–H and O–H groups in total. The van der Waals surface area contributed by atoms with E-state index in [4.69, 9.17) is 21.1 Å². The Hall–Kier alpha value is -3.36. The van der Waals surface area contributed by atoms with Gasteiger partial charge in [-0.15, -0.1) is 0 Å². The normalized spacial score (nSPS) is 14.2. The van der Waals surface area contributed by atoms with Gasteiger partial charge in [0.1, 0.15) is 23.9 Å². The maximum atomic E-state index is 12.6. The average Bonchev–Trinajstić information content (AvgIpc) is 2.78. The van der Waals surface area contributed by atoms with Crippen LogP contribution >= 0.6 is 12.6 Å². The first-order valence-corrected chi connectivity index (χ1v) is 10.7. The first kappa shape index (κ1) is 28.7. The highest BCUT2D eigenvalue weighted by Gasteiger charge is 2.30. The zero-order chi connectivity index (χ0) is 25.8. The summed E-state index contributed by atoms with van der Waals surface area (Å²) in [4.78, 5) is 59.4. The van der Waals surface area contributed by atoms with Crippen LogP contribution in [0, 0.1) is 0 Å². The van der Waals surface area contributed by atoms with Crippen molar-refractivity contribution >= 4 is 42.3 Å². The number of carboxylic acid groups (broad SMARTS) is 2. The number of aliphatic hydroxyl groups is 1. The summed E-state index contributed by atoms with van der Waals surface area (Å²) >= 11 is 4.02. The van der Waals surface area contributed by atoms with Crippen molar-refractivity contribution in [1.82, 2.24) is 16.0 Å². The number of nitrogens with one attached hydrogen (secondary N) is 3. The number of hydrogen-bond donors (Lipinski definition) is 9. The van der Waals surface area contributed by atoms with E-state index >= 15 is 0 Å². The average molecular weight is 501 g/mol. The summed E-state index contributed by atoms with van der Waals surface area (Å²) in [5, 5.41) is 42.9. The van der Waals surface area contributed by atoms with Gasteiger partial charge in [-0.1, -0.05) is 12.1 Å². The smallest absolute Gasteiger partial charge is 0.328 e. The summed E-state index contributed by atoms with van der Waals surface area (Å²) in [6.07, 6.45) is -0.794. The van der Waals surface area contributed by atoms with Gasteiger partial charge < -0.3 is 42.1 Å². The van der Waals surface area contributed by atoms with E-state index in [-0.39, 0.29) is 24.3 Å². The molecule has 0 radical (unpaired) electrons. The Labute approximate surface area is 200 Å². The van der Waals surface area contributed by atoms with Gasteiger partial charge in [0.15, 0.2) is 0 Å². The number of nitrogens with two attached hydrogens (primary N) is 1. The van der Waals surface area contributed by atoms with Gasteiger partial charge >= 0.3 is 11.9 Å². The lowest BCUT2D eigenvalue weighted by Gasteiger charge is -2.24. The molecular weight excluding hydrogens is 472 g/mol. The molecule has 0 saturated carbocycles. The van der Waals surface area contributed by atoms with Crippen LogP contribution < -0.4 is 21.7 Å². The molecule has 0 saturated heterocycles. The van der Waals surface area contributed by atoms with Crippen molar-refractivity contribution in [2.24, 2.45) is 5.73 Å². The summed E-state index contributed by atoms with van der Waals surface area (Å²) in [5.74, 6) is -5.52. The fraction of sp³-hybridized carbons (Fsp3) is 0.450. The molecular formula is C20H28N4O9S. The van der Waals surface area contributed by atoms with Crippen LogP contribution in [0.1, 0.15) is 18.4 Å². The van der Waals surface area contributed by atoms with Crippen LogP contribution in [0.3, 0.4) is 0 Å². The van der Waals surface area contributed by atoms with Crippen molar-refractivity contribution in [2.45, 2.75) is 43.4 Å². The molecule has 3 amide bonds. The van der Waals surface area contributed by atoms with Crippen LogP contribution in [-0.2, 0) is 30.4 Å². The first-order chi connectivity index (χ1) is 16.0. The van der Waals surface area contributed by atoms with Crippen molar-refractivity contribution in [3.63, 3.8) is 0 Å². The zero-order valence-corrected chi connectivity index (χ0v) is 18.9. The number of benzene rings is 1. The summed E-state index contributed by atoms with van der Waals surface area (Å²) in [7, 11) is 0. The summed E-state index contributed by atoms with van der Waals surface area (Å²) in [5.41, 5.74) is 6.54. The summed E-state index contributed by atoms with van der Waals surface area (Å²) < 4.78 is 0. The summed E-state index contributed by atoms with van der Waals surface area (Å²) in [6.45, 7) is -0.922. The van der Waals surface area contributed by atoms with E-state index in [1.807, 2.05) is 5.32 Å². The number of carboxylic acids is 2. The molecule has 0 heterocycles. The molecule has 0 aromatic heterocycles. The predicted molar refractivity (Wildman–Crippen MR) is 121 cm³/mol. The van der Waals surface area contributed by atoms with Crippen LogP contribution in [0.4, 0.5) is 0 Å². The maximum absolute atomic E-state index is 12.6. The number of aliphatic hydroxyl groups excluding tert-OH is 1. The van der Waals surface area contributed by atoms with Crippen molar-refractivity contribution in [2.75, 3.05) is 12.4 Å². The third kappa shape index (κ3) is 9.64. The molecule has 1 aromatic carbocycles. The molecule has 0 aliphatic rings. The quantitative estimate of drug-likeness (QED) is 0.123. The van der Waals surface area contributed by atoms with E-state index in [1.165, 1.54) is 12.1 Å². The highest BCUT2D eigenvalue weighted by molar-refractivity contribution is 7.80. The second-order valence-electron chi connectivity index (χ2n) is 7.30. The lowest BCUT2D eigenvalue weighted by molar-refractivity contribution is -0.144. The summed E-state index contributed by atoms with van der Waals surface area (Å²) in [6, 6.07) is 0.607. The van der Waals surface area contributed by atoms with Gasteiger partial charge in [-0.05, 0) is 30.5 Å². The Morgan fingerprint density at radius 2 is 1.41 bits per heavy atom. The monoisotopic (exact) mass is 500 g/mol. The number of aliphatic carboxylic acids is 2. The van der Waals surface area contributed by atoms with E-state index in [9.17, 15) is 29.1 Å². The van der Waals surface area contributed by atoms with E-state index < -0.39 is 66.9 Å². The third-order valence-electron chi connectivity index (χ3n) is 4.62. The first-order valence-electron chi connectivity index (χ1n) is 10.1. The second-order valence-corrected chi connectivity index (χ2v) is 7.66. The fourth-order valence-electron chi connectivity index (χ4n) is 2.72. The lowest BCUT2D eigenvalue weighted by atomic mass is 10.1.